The Kier molecular flexibility index (Phi) is 3.29. The largest absolute Gasteiger partial charge is 0.486 e. The fourth-order valence-corrected chi connectivity index (χ4v) is 2.65. The van der Waals surface area contributed by atoms with Gasteiger partial charge in [0.1, 0.15) is 13.2 Å². The summed E-state index contributed by atoms with van der Waals surface area (Å²) in [6.07, 6.45) is 0. The fourth-order valence-electron chi connectivity index (χ4n) is 2.65. The van der Waals surface area contributed by atoms with Crippen LogP contribution in [0.4, 0.5) is 0 Å². The molecular weight excluding hydrogens is 244 g/mol. The first-order valence-electron chi connectivity index (χ1n) is 6.63. The fraction of sp³-hybridized carbons (Fsp3) is 0.500. The van der Waals surface area contributed by atoms with Gasteiger partial charge in [-0.15, -0.1) is 0 Å². The van der Waals surface area contributed by atoms with E-state index in [9.17, 15) is 4.79 Å². The highest BCUT2D eigenvalue weighted by atomic mass is 16.6. The average molecular weight is 262 g/mol. The lowest BCUT2D eigenvalue weighted by Crippen LogP contribution is -2.47. The highest BCUT2D eigenvalue weighted by Crippen LogP contribution is 2.34. The van der Waals surface area contributed by atoms with Gasteiger partial charge in [0, 0.05) is 26.6 Å². The van der Waals surface area contributed by atoms with E-state index in [1.807, 2.05) is 23.1 Å². The van der Waals surface area contributed by atoms with Gasteiger partial charge in [-0.3, -0.25) is 4.79 Å². The zero-order valence-electron chi connectivity index (χ0n) is 11.0. The number of piperazine rings is 1. The number of fused-ring (bicyclic) bond motifs is 1. The van der Waals surface area contributed by atoms with Crippen molar-refractivity contribution in [2.45, 2.75) is 13.0 Å². The Balaban J connectivity index is 1.89. The summed E-state index contributed by atoms with van der Waals surface area (Å²) >= 11 is 0. The molecule has 1 unspecified atom stereocenters. The summed E-state index contributed by atoms with van der Waals surface area (Å²) in [5.41, 5.74) is 1.09. The van der Waals surface area contributed by atoms with E-state index in [-0.39, 0.29) is 11.9 Å². The van der Waals surface area contributed by atoms with Crippen LogP contribution in [0.15, 0.2) is 18.2 Å². The number of carbonyl (C=O) groups excluding carboxylic acids is 1. The number of carbonyl (C=O) groups is 1. The van der Waals surface area contributed by atoms with Crippen molar-refractivity contribution in [1.82, 2.24) is 10.2 Å². The SMILES string of the molecule is CC(=O)N1CCNCC1c1ccc2c(c1)OCCO2. The molecule has 2 aliphatic rings. The number of benzene rings is 1. The minimum Gasteiger partial charge on any atom is -0.486 e. The van der Waals surface area contributed by atoms with Crippen molar-refractivity contribution in [2.75, 3.05) is 32.8 Å². The summed E-state index contributed by atoms with van der Waals surface area (Å²) < 4.78 is 11.1. The van der Waals surface area contributed by atoms with Gasteiger partial charge in [0.05, 0.1) is 6.04 Å². The van der Waals surface area contributed by atoms with E-state index in [4.69, 9.17) is 9.47 Å². The number of amides is 1. The third-order valence-electron chi connectivity index (χ3n) is 3.60. The van der Waals surface area contributed by atoms with Crippen LogP contribution < -0.4 is 14.8 Å². The van der Waals surface area contributed by atoms with Gasteiger partial charge in [0.2, 0.25) is 5.91 Å². The van der Waals surface area contributed by atoms with Gasteiger partial charge in [-0.2, -0.15) is 0 Å². The van der Waals surface area contributed by atoms with E-state index >= 15 is 0 Å². The van der Waals surface area contributed by atoms with Gasteiger partial charge >= 0.3 is 0 Å². The lowest BCUT2D eigenvalue weighted by Gasteiger charge is -2.36. The van der Waals surface area contributed by atoms with Crippen molar-refractivity contribution in [3.8, 4) is 11.5 Å². The van der Waals surface area contributed by atoms with Crippen LogP contribution in [0.2, 0.25) is 0 Å². The van der Waals surface area contributed by atoms with Crippen molar-refractivity contribution < 1.29 is 14.3 Å². The summed E-state index contributed by atoms with van der Waals surface area (Å²) in [5, 5.41) is 3.33. The second-order valence-corrected chi connectivity index (χ2v) is 4.84. The van der Waals surface area contributed by atoms with E-state index < -0.39 is 0 Å². The van der Waals surface area contributed by atoms with Crippen LogP contribution in [0.3, 0.4) is 0 Å². The second kappa shape index (κ2) is 5.09. The van der Waals surface area contributed by atoms with Gasteiger partial charge < -0.3 is 19.7 Å². The predicted octanol–water partition coefficient (Wildman–Crippen LogP) is 0.951. The van der Waals surface area contributed by atoms with E-state index in [1.165, 1.54) is 0 Å². The molecule has 3 rings (SSSR count). The summed E-state index contributed by atoms with van der Waals surface area (Å²) in [6, 6.07) is 6.00. The molecule has 1 aromatic rings. The van der Waals surface area contributed by atoms with Crippen LogP contribution in [0.25, 0.3) is 0 Å². The highest BCUT2D eigenvalue weighted by molar-refractivity contribution is 5.74. The molecule has 1 N–H and O–H groups in total. The molecule has 2 heterocycles. The van der Waals surface area contributed by atoms with Crippen molar-refractivity contribution in [2.24, 2.45) is 0 Å². The molecule has 1 saturated heterocycles. The van der Waals surface area contributed by atoms with Crippen LogP contribution in [0.1, 0.15) is 18.5 Å². The first-order valence-corrected chi connectivity index (χ1v) is 6.63. The molecule has 1 atom stereocenters. The zero-order valence-corrected chi connectivity index (χ0v) is 11.0. The third-order valence-corrected chi connectivity index (χ3v) is 3.60. The molecule has 19 heavy (non-hydrogen) atoms. The van der Waals surface area contributed by atoms with Gasteiger partial charge in [0.15, 0.2) is 11.5 Å². The standard InChI is InChI=1S/C14H18N2O3/c1-10(17)16-5-4-15-9-12(16)11-2-3-13-14(8-11)19-7-6-18-13/h2-3,8,12,15H,4-7,9H2,1H3. The van der Waals surface area contributed by atoms with Gasteiger partial charge in [-0.25, -0.2) is 0 Å². The Morgan fingerprint density at radius 1 is 1.32 bits per heavy atom. The third kappa shape index (κ3) is 2.38. The quantitative estimate of drug-likeness (QED) is 0.818. The van der Waals surface area contributed by atoms with Crippen LogP contribution in [-0.4, -0.2) is 43.7 Å². The Morgan fingerprint density at radius 2 is 2.11 bits per heavy atom. The Labute approximate surface area is 112 Å². The highest BCUT2D eigenvalue weighted by Gasteiger charge is 2.26. The minimum atomic E-state index is 0.0714. The molecular formula is C14H18N2O3. The predicted molar refractivity (Wildman–Crippen MR) is 70.4 cm³/mol. The second-order valence-electron chi connectivity index (χ2n) is 4.84. The van der Waals surface area contributed by atoms with Crippen molar-refractivity contribution >= 4 is 5.91 Å². The molecule has 0 saturated carbocycles. The lowest BCUT2D eigenvalue weighted by molar-refractivity contribution is -0.132. The number of hydrogen-bond donors (Lipinski definition) is 1. The maximum absolute atomic E-state index is 11.7. The molecule has 0 radical (unpaired) electrons. The van der Waals surface area contributed by atoms with Crippen LogP contribution in [-0.2, 0) is 4.79 Å². The summed E-state index contributed by atoms with van der Waals surface area (Å²) in [5.74, 6) is 1.67. The summed E-state index contributed by atoms with van der Waals surface area (Å²) in [4.78, 5) is 13.6. The Bertz CT molecular complexity index is 490. The first kappa shape index (κ1) is 12.3. The Hall–Kier alpha value is -1.75. The Morgan fingerprint density at radius 3 is 2.89 bits per heavy atom. The molecule has 2 aliphatic heterocycles. The number of ether oxygens (including phenoxy) is 2. The molecule has 102 valence electrons. The molecule has 0 bridgehead atoms. The normalized spacial score (nSPS) is 22.2. The molecule has 1 fully saturated rings. The monoisotopic (exact) mass is 262 g/mol. The average Bonchev–Trinajstić information content (AvgIpc) is 2.46. The van der Waals surface area contributed by atoms with Crippen LogP contribution in [0.5, 0.6) is 11.5 Å². The molecule has 0 spiro atoms. The van der Waals surface area contributed by atoms with E-state index in [0.29, 0.717) is 13.2 Å². The molecule has 0 aliphatic carbocycles. The van der Waals surface area contributed by atoms with Gasteiger partial charge in [-0.05, 0) is 17.7 Å². The molecule has 5 nitrogen and oxygen atoms in total. The smallest absolute Gasteiger partial charge is 0.220 e. The number of nitrogens with one attached hydrogen (secondary N) is 1. The van der Waals surface area contributed by atoms with Gasteiger partial charge in [-0.1, -0.05) is 6.07 Å². The van der Waals surface area contributed by atoms with Gasteiger partial charge in [0.25, 0.3) is 0 Å². The van der Waals surface area contributed by atoms with Crippen molar-refractivity contribution in [3.05, 3.63) is 23.8 Å². The molecule has 0 aromatic heterocycles. The lowest BCUT2D eigenvalue weighted by atomic mass is 10.0. The summed E-state index contributed by atoms with van der Waals surface area (Å²) in [6.45, 7) is 5.16. The maximum Gasteiger partial charge on any atom is 0.220 e. The molecule has 5 heteroatoms. The summed E-state index contributed by atoms with van der Waals surface area (Å²) in [7, 11) is 0. The van der Waals surface area contributed by atoms with E-state index in [0.717, 1.165) is 36.7 Å². The van der Waals surface area contributed by atoms with E-state index in [1.54, 1.807) is 6.92 Å². The van der Waals surface area contributed by atoms with Crippen molar-refractivity contribution in [1.29, 1.82) is 0 Å². The first-order chi connectivity index (χ1) is 9.25. The number of rotatable bonds is 1. The topological polar surface area (TPSA) is 50.8 Å². The number of hydrogen-bond acceptors (Lipinski definition) is 4. The van der Waals surface area contributed by atoms with Crippen LogP contribution >= 0.6 is 0 Å². The molecule has 1 amide bonds. The molecule has 1 aromatic carbocycles. The van der Waals surface area contributed by atoms with E-state index in [2.05, 4.69) is 5.32 Å². The van der Waals surface area contributed by atoms with Crippen LogP contribution in [0, 0.1) is 0 Å². The number of nitrogens with zero attached hydrogens (tertiary/aromatic N) is 1. The minimum absolute atomic E-state index is 0.0714. The maximum atomic E-state index is 11.7. The van der Waals surface area contributed by atoms with Crippen molar-refractivity contribution in [3.63, 3.8) is 0 Å². The zero-order chi connectivity index (χ0) is 13.2.